The molecule has 0 spiro atoms. The van der Waals surface area contributed by atoms with E-state index in [-0.39, 0.29) is 11.9 Å². The molecule has 104 valence electrons. The average molecular weight is 270 g/mol. The second-order valence-corrected chi connectivity index (χ2v) is 4.60. The maximum Gasteiger partial charge on any atom is 0.217 e. The van der Waals surface area contributed by atoms with Gasteiger partial charge in [0.25, 0.3) is 0 Å². The summed E-state index contributed by atoms with van der Waals surface area (Å²) in [5, 5.41) is 0. The van der Waals surface area contributed by atoms with Gasteiger partial charge in [-0.2, -0.15) is 0 Å². The smallest absolute Gasteiger partial charge is 0.217 e. The first-order valence-corrected chi connectivity index (χ1v) is 6.52. The van der Waals surface area contributed by atoms with Crippen LogP contribution in [0.5, 0.6) is 11.5 Å². The third-order valence-electron chi connectivity index (χ3n) is 2.99. The van der Waals surface area contributed by atoms with Gasteiger partial charge in [0.15, 0.2) is 0 Å². The Bertz CT molecular complexity index is 552. The quantitative estimate of drug-likeness (QED) is 0.847. The lowest BCUT2D eigenvalue weighted by molar-refractivity contribution is -0.118. The Morgan fingerprint density at radius 1 is 1.00 bits per heavy atom. The van der Waals surface area contributed by atoms with Crippen molar-refractivity contribution in [1.29, 1.82) is 0 Å². The van der Waals surface area contributed by atoms with E-state index in [0.29, 0.717) is 12.8 Å². The van der Waals surface area contributed by atoms with Gasteiger partial charge in [-0.3, -0.25) is 4.79 Å². The van der Waals surface area contributed by atoms with Crippen molar-refractivity contribution in [3.63, 3.8) is 0 Å². The number of para-hydroxylation sites is 1. The second-order valence-electron chi connectivity index (χ2n) is 4.60. The SMILES string of the molecule is NC(=O)CCC(N)c1ccc(Oc2ccccc2)cc1. The van der Waals surface area contributed by atoms with Crippen LogP contribution >= 0.6 is 0 Å². The van der Waals surface area contributed by atoms with E-state index in [1.807, 2.05) is 54.6 Å². The summed E-state index contributed by atoms with van der Waals surface area (Å²) >= 11 is 0. The van der Waals surface area contributed by atoms with Crippen molar-refractivity contribution in [3.05, 3.63) is 60.2 Å². The standard InChI is InChI=1S/C16H18N2O2/c17-15(10-11-16(18)19)12-6-8-14(9-7-12)20-13-4-2-1-3-5-13/h1-9,15H,10-11,17H2,(H2,18,19). The molecule has 0 radical (unpaired) electrons. The predicted octanol–water partition coefficient (Wildman–Crippen LogP) is 2.74. The van der Waals surface area contributed by atoms with Crippen LogP contribution < -0.4 is 16.2 Å². The zero-order chi connectivity index (χ0) is 14.4. The van der Waals surface area contributed by atoms with Gasteiger partial charge >= 0.3 is 0 Å². The summed E-state index contributed by atoms with van der Waals surface area (Å²) in [4.78, 5) is 10.7. The van der Waals surface area contributed by atoms with Crippen LogP contribution in [0.4, 0.5) is 0 Å². The molecule has 0 saturated heterocycles. The van der Waals surface area contributed by atoms with E-state index in [2.05, 4.69) is 0 Å². The van der Waals surface area contributed by atoms with E-state index in [1.54, 1.807) is 0 Å². The van der Waals surface area contributed by atoms with Crippen molar-refractivity contribution in [1.82, 2.24) is 0 Å². The molecule has 0 aliphatic carbocycles. The Balaban J connectivity index is 1.97. The van der Waals surface area contributed by atoms with Crippen LogP contribution in [0.15, 0.2) is 54.6 Å². The third-order valence-corrected chi connectivity index (χ3v) is 2.99. The topological polar surface area (TPSA) is 78.3 Å². The number of carbonyl (C=O) groups excluding carboxylic acids is 1. The Morgan fingerprint density at radius 3 is 2.20 bits per heavy atom. The van der Waals surface area contributed by atoms with E-state index in [0.717, 1.165) is 17.1 Å². The molecule has 2 aromatic carbocycles. The van der Waals surface area contributed by atoms with Crippen LogP contribution in [-0.4, -0.2) is 5.91 Å². The van der Waals surface area contributed by atoms with Crippen molar-refractivity contribution >= 4 is 5.91 Å². The van der Waals surface area contributed by atoms with E-state index in [4.69, 9.17) is 16.2 Å². The van der Waals surface area contributed by atoms with Gasteiger partial charge in [0.2, 0.25) is 5.91 Å². The maximum atomic E-state index is 10.7. The molecule has 4 N–H and O–H groups in total. The van der Waals surface area contributed by atoms with Gasteiger partial charge < -0.3 is 16.2 Å². The molecule has 2 aromatic rings. The molecule has 4 heteroatoms. The molecule has 1 atom stereocenters. The molecule has 0 aromatic heterocycles. The molecule has 0 aliphatic rings. The van der Waals surface area contributed by atoms with Crippen molar-refractivity contribution in [3.8, 4) is 11.5 Å². The molecule has 2 rings (SSSR count). The molecule has 0 aliphatic heterocycles. The first-order chi connectivity index (χ1) is 9.65. The van der Waals surface area contributed by atoms with Crippen LogP contribution in [0.2, 0.25) is 0 Å². The molecule has 20 heavy (non-hydrogen) atoms. The summed E-state index contributed by atoms with van der Waals surface area (Å²) in [6, 6.07) is 16.9. The zero-order valence-corrected chi connectivity index (χ0v) is 11.2. The number of nitrogens with two attached hydrogens (primary N) is 2. The van der Waals surface area contributed by atoms with Gasteiger partial charge in [-0.05, 0) is 36.2 Å². The van der Waals surface area contributed by atoms with Crippen LogP contribution in [0.25, 0.3) is 0 Å². The largest absolute Gasteiger partial charge is 0.457 e. The number of benzene rings is 2. The van der Waals surface area contributed by atoms with Crippen LogP contribution in [0, 0.1) is 0 Å². The highest BCUT2D eigenvalue weighted by molar-refractivity contribution is 5.73. The summed E-state index contributed by atoms with van der Waals surface area (Å²) in [5.74, 6) is 1.21. The second kappa shape index (κ2) is 6.73. The highest BCUT2D eigenvalue weighted by Gasteiger charge is 2.08. The minimum atomic E-state index is -0.329. The number of hydrogen-bond donors (Lipinski definition) is 2. The molecule has 0 saturated carbocycles. The Labute approximate surface area is 118 Å². The molecule has 1 amide bonds. The van der Waals surface area contributed by atoms with Crippen LogP contribution in [0.3, 0.4) is 0 Å². The van der Waals surface area contributed by atoms with Crippen molar-refractivity contribution < 1.29 is 9.53 Å². The monoisotopic (exact) mass is 270 g/mol. The number of rotatable bonds is 6. The van der Waals surface area contributed by atoms with Gasteiger partial charge in [0.1, 0.15) is 11.5 Å². The number of ether oxygens (including phenoxy) is 1. The molecular weight excluding hydrogens is 252 g/mol. The molecule has 1 unspecified atom stereocenters. The minimum Gasteiger partial charge on any atom is -0.457 e. The van der Waals surface area contributed by atoms with Gasteiger partial charge in [-0.25, -0.2) is 0 Å². The lowest BCUT2D eigenvalue weighted by Gasteiger charge is -2.12. The first kappa shape index (κ1) is 14.1. The Morgan fingerprint density at radius 2 is 1.60 bits per heavy atom. The fourth-order valence-corrected chi connectivity index (χ4v) is 1.87. The summed E-state index contributed by atoms with van der Waals surface area (Å²) in [7, 11) is 0. The predicted molar refractivity (Wildman–Crippen MR) is 78.3 cm³/mol. The van der Waals surface area contributed by atoms with Gasteiger partial charge in [0, 0.05) is 12.5 Å². The number of amides is 1. The summed E-state index contributed by atoms with van der Waals surface area (Å²) in [6.07, 6.45) is 0.845. The van der Waals surface area contributed by atoms with Crippen molar-refractivity contribution in [2.24, 2.45) is 11.5 Å². The van der Waals surface area contributed by atoms with Crippen molar-refractivity contribution in [2.75, 3.05) is 0 Å². The number of carbonyl (C=O) groups is 1. The highest BCUT2D eigenvalue weighted by atomic mass is 16.5. The minimum absolute atomic E-state index is 0.187. The molecular formula is C16H18N2O2. The summed E-state index contributed by atoms with van der Waals surface area (Å²) in [6.45, 7) is 0. The molecule has 4 nitrogen and oxygen atoms in total. The zero-order valence-electron chi connectivity index (χ0n) is 11.2. The molecule has 0 fully saturated rings. The van der Waals surface area contributed by atoms with Gasteiger partial charge in [-0.15, -0.1) is 0 Å². The normalized spacial score (nSPS) is 11.8. The summed E-state index contributed by atoms with van der Waals surface area (Å²) < 4.78 is 5.70. The van der Waals surface area contributed by atoms with E-state index in [1.165, 1.54) is 0 Å². The van der Waals surface area contributed by atoms with E-state index in [9.17, 15) is 4.79 Å². The van der Waals surface area contributed by atoms with Gasteiger partial charge in [-0.1, -0.05) is 30.3 Å². The maximum absolute atomic E-state index is 10.7. The van der Waals surface area contributed by atoms with E-state index >= 15 is 0 Å². The lowest BCUT2D eigenvalue weighted by Crippen LogP contribution is -2.16. The molecule has 0 heterocycles. The molecule has 0 bridgehead atoms. The van der Waals surface area contributed by atoms with Crippen molar-refractivity contribution in [2.45, 2.75) is 18.9 Å². The van der Waals surface area contributed by atoms with Crippen LogP contribution in [-0.2, 0) is 4.79 Å². The highest BCUT2D eigenvalue weighted by Crippen LogP contribution is 2.23. The third kappa shape index (κ3) is 4.10. The first-order valence-electron chi connectivity index (χ1n) is 6.52. The Hall–Kier alpha value is -2.33. The lowest BCUT2D eigenvalue weighted by atomic mass is 10.0. The summed E-state index contributed by atoms with van der Waals surface area (Å²) in [5.41, 5.74) is 12.1. The number of primary amides is 1. The average Bonchev–Trinajstić information content (AvgIpc) is 2.46. The van der Waals surface area contributed by atoms with Gasteiger partial charge in [0.05, 0.1) is 0 Å². The van der Waals surface area contributed by atoms with E-state index < -0.39 is 0 Å². The number of hydrogen-bond acceptors (Lipinski definition) is 3. The van der Waals surface area contributed by atoms with Crippen LogP contribution in [0.1, 0.15) is 24.4 Å². The Kier molecular flexibility index (Phi) is 4.74. The fourth-order valence-electron chi connectivity index (χ4n) is 1.87. The fraction of sp³-hybridized carbons (Fsp3) is 0.188.